The summed E-state index contributed by atoms with van der Waals surface area (Å²) in [4.78, 5) is 10.9. The molecule has 1 aromatic heterocycles. The zero-order valence-electron chi connectivity index (χ0n) is 13.8. The van der Waals surface area contributed by atoms with Crippen molar-refractivity contribution in [1.29, 1.82) is 0 Å². The third kappa shape index (κ3) is 4.04. The van der Waals surface area contributed by atoms with Gasteiger partial charge in [-0.05, 0) is 37.3 Å². The number of aromatic carboxylic acids is 1. The van der Waals surface area contributed by atoms with Gasteiger partial charge in [0.05, 0.1) is 12.2 Å². The zero-order chi connectivity index (χ0) is 18.5. The Hall–Kier alpha value is -3.26. The molecule has 8 heteroatoms. The number of rotatable bonds is 4. The van der Waals surface area contributed by atoms with E-state index in [4.69, 9.17) is 19.0 Å². The van der Waals surface area contributed by atoms with Crippen LogP contribution in [-0.4, -0.2) is 34.7 Å². The molecule has 0 saturated carbocycles. The lowest BCUT2D eigenvalue weighted by Crippen LogP contribution is -2.14. The highest BCUT2D eigenvalue weighted by Crippen LogP contribution is 2.24. The molecule has 1 aliphatic rings. The van der Waals surface area contributed by atoms with Crippen molar-refractivity contribution in [1.82, 2.24) is 10.2 Å². The van der Waals surface area contributed by atoms with Crippen molar-refractivity contribution >= 4 is 12.0 Å². The van der Waals surface area contributed by atoms with Crippen LogP contribution in [0.1, 0.15) is 23.2 Å². The number of carbonyl (C=O) groups is 1. The van der Waals surface area contributed by atoms with E-state index < -0.39 is 11.8 Å². The second-order valence-corrected chi connectivity index (χ2v) is 5.29. The Morgan fingerprint density at radius 2 is 2.04 bits per heavy atom. The number of nitrogens with zero attached hydrogens (tertiary/aromatic N) is 2. The van der Waals surface area contributed by atoms with E-state index in [-0.39, 0.29) is 30.7 Å². The maximum absolute atomic E-state index is 13.5. The van der Waals surface area contributed by atoms with Crippen LogP contribution in [-0.2, 0) is 9.47 Å². The van der Waals surface area contributed by atoms with E-state index >= 15 is 0 Å². The van der Waals surface area contributed by atoms with Gasteiger partial charge in [-0.2, -0.15) is 0 Å². The molecule has 0 atom stereocenters. The number of allylic oxidation sites excluding steroid dienone is 3. The van der Waals surface area contributed by atoms with Gasteiger partial charge in [-0.3, -0.25) is 0 Å². The first-order valence-corrected chi connectivity index (χ1v) is 7.69. The van der Waals surface area contributed by atoms with Gasteiger partial charge in [0.2, 0.25) is 11.8 Å². The average molecular weight is 358 g/mol. The molecule has 1 fully saturated rings. The highest BCUT2D eigenvalue weighted by atomic mass is 19.1. The molecular weight excluding hydrogens is 343 g/mol. The maximum Gasteiger partial charge on any atom is 0.335 e. The zero-order valence-corrected chi connectivity index (χ0v) is 13.8. The Labute approximate surface area is 148 Å². The Kier molecular flexibility index (Phi) is 5.23. The van der Waals surface area contributed by atoms with E-state index in [0.717, 1.165) is 0 Å². The fourth-order valence-electron chi connectivity index (χ4n) is 2.19. The van der Waals surface area contributed by atoms with Crippen LogP contribution in [0.3, 0.4) is 0 Å². The SMILES string of the molecule is C\C=C(F)/C=C1/COCO/C1=C\c1nnc(-c2ccc(C(=O)O)cc2)o1. The third-order valence-electron chi connectivity index (χ3n) is 3.53. The topological polar surface area (TPSA) is 94.7 Å². The predicted molar refractivity (Wildman–Crippen MR) is 89.5 cm³/mol. The van der Waals surface area contributed by atoms with Crippen LogP contribution < -0.4 is 0 Å². The molecular formula is C18H15FN2O5. The Bertz CT molecular complexity index is 897. The second kappa shape index (κ2) is 7.75. The largest absolute Gasteiger partial charge is 0.478 e. The first kappa shape index (κ1) is 17.6. The van der Waals surface area contributed by atoms with Crippen LogP contribution in [0, 0.1) is 0 Å². The first-order chi connectivity index (χ1) is 12.6. The molecule has 3 rings (SSSR count). The normalized spacial score (nSPS) is 18.2. The van der Waals surface area contributed by atoms with Gasteiger partial charge in [-0.1, -0.05) is 6.08 Å². The number of aromatic nitrogens is 2. The standard InChI is InChI=1S/C18H15FN2O5/c1-2-14(19)7-13-9-24-10-25-15(13)8-16-20-21-17(26-16)11-3-5-12(6-4-11)18(22)23/h2-8H,9-10H2,1H3,(H,22,23)/b13-7-,14-2+,15-8-. The summed E-state index contributed by atoms with van der Waals surface area (Å²) in [7, 11) is 0. The molecule has 0 aliphatic carbocycles. The van der Waals surface area contributed by atoms with Gasteiger partial charge < -0.3 is 19.0 Å². The van der Waals surface area contributed by atoms with Crippen LogP contribution in [0.25, 0.3) is 17.5 Å². The van der Waals surface area contributed by atoms with Crippen molar-refractivity contribution in [3.05, 3.63) is 65.0 Å². The lowest BCUT2D eigenvalue weighted by atomic mass is 10.1. The molecule has 134 valence electrons. The summed E-state index contributed by atoms with van der Waals surface area (Å²) in [6.45, 7) is 1.82. The third-order valence-corrected chi connectivity index (χ3v) is 3.53. The average Bonchev–Trinajstić information content (AvgIpc) is 3.12. The molecule has 2 aromatic rings. The minimum Gasteiger partial charge on any atom is -0.478 e. The van der Waals surface area contributed by atoms with Crippen molar-refractivity contribution < 1.29 is 28.2 Å². The molecule has 0 unspecified atom stereocenters. The number of ether oxygens (including phenoxy) is 2. The lowest BCUT2D eigenvalue weighted by molar-refractivity contribution is -0.0357. The number of benzene rings is 1. The van der Waals surface area contributed by atoms with E-state index in [0.29, 0.717) is 16.9 Å². The summed E-state index contributed by atoms with van der Waals surface area (Å²) in [6, 6.07) is 6.04. The van der Waals surface area contributed by atoms with Gasteiger partial charge in [0.25, 0.3) is 0 Å². The van der Waals surface area contributed by atoms with Crippen LogP contribution in [0.5, 0.6) is 0 Å². The van der Waals surface area contributed by atoms with Gasteiger partial charge in [-0.15, -0.1) is 10.2 Å². The van der Waals surface area contributed by atoms with Crippen molar-refractivity contribution in [3.63, 3.8) is 0 Å². The molecule has 1 saturated heterocycles. The van der Waals surface area contributed by atoms with Crippen molar-refractivity contribution in [2.45, 2.75) is 6.92 Å². The fraction of sp³-hybridized carbons (Fsp3) is 0.167. The highest BCUT2D eigenvalue weighted by molar-refractivity contribution is 5.88. The van der Waals surface area contributed by atoms with Crippen LogP contribution in [0.2, 0.25) is 0 Å². The summed E-state index contributed by atoms with van der Waals surface area (Å²) >= 11 is 0. The molecule has 0 spiro atoms. The van der Waals surface area contributed by atoms with E-state index in [1.807, 2.05) is 0 Å². The molecule has 0 radical (unpaired) electrons. The van der Waals surface area contributed by atoms with E-state index in [2.05, 4.69) is 10.2 Å². The summed E-state index contributed by atoms with van der Waals surface area (Å²) < 4.78 is 29.6. The van der Waals surface area contributed by atoms with Gasteiger partial charge in [-0.25, -0.2) is 9.18 Å². The molecule has 1 N–H and O–H groups in total. The monoisotopic (exact) mass is 358 g/mol. The summed E-state index contributed by atoms with van der Waals surface area (Å²) in [6.07, 6.45) is 4.14. The van der Waals surface area contributed by atoms with E-state index in [9.17, 15) is 9.18 Å². The van der Waals surface area contributed by atoms with Crippen LogP contribution >= 0.6 is 0 Å². The number of halogens is 1. The van der Waals surface area contributed by atoms with E-state index in [1.165, 1.54) is 30.4 Å². The van der Waals surface area contributed by atoms with Gasteiger partial charge >= 0.3 is 5.97 Å². The minimum absolute atomic E-state index is 0.0400. The molecule has 26 heavy (non-hydrogen) atoms. The van der Waals surface area contributed by atoms with Gasteiger partial charge in [0.15, 0.2) is 6.79 Å². The molecule has 0 bridgehead atoms. The smallest absolute Gasteiger partial charge is 0.335 e. The number of hydrogen-bond donors (Lipinski definition) is 1. The molecule has 2 heterocycles. The molecule has 1 aliphatic heterocycles. The number of hydrogen-bond acceptors (Lipinski definition) is 6. The Morgan fingerprint density at radius 1 is 1.27 bits per heavy atom. The highest BCUT2D eigenvalue weighted by Gasteiger charge is 2.16. The molecule has 0 amide bonds. The molecule has 7 nitrogen and oxygen atoms in total. The number of carboxylic acid groups (broad SMARTS) is 1. The first-order valence-electron chi connectivity index (χ1n) is 7.69. The Morgan fingerprint density at radius 3 is 2.73 bits per heavy atom. The quantitative estimate of drug-likeness (QED) is 0.892. The van der Waals surface area contributed by atoms with Crippen molar-refractivity contribution in [2.75, 3.05) is 13.4 Å². The summed E-state index contributed by atoms with van der Waals surface area (Å²) in [5, 5.41) is 16.8. The second-order valence-electron chi connectivity index (χ2n) is 5.29. The lowest BCUT2D eigenvalue weighted by Gasteiger charge is -2.19. The predicted octanol–water partition coefficient (Wildman–Crippen LogP) is 3.58. The molecule has 1 aromatic carbocycles. The maximum atomic E-state index is 13.5. The summed E-state index contributed by atoms with van der Waals surface area (Å²) in [5.41, 5.74) is 1.25. The minimum atomic E-state index is -1.02. The van der Waals surface area contributed by atoms with Gasteiger partial charge in [0, 0.05) is 17.2 Å². The van der Waals surface area contributed by atoms with Crippen molar-refractivity contribution in [3.8, 4) is 11.5 Å². The van der Waals surface area contributed by atoms with Gasteiger partial charge in [0.1, 0.15) is 11.6 Å². The van der Waals surface area contributed by atoms with Crippen LogP contribution in [0.15, 0.2) is 58.0 Å². The Balaban J connectivity index is 1.85. The number of carboxylic acids is 1. The fourth-order valence-corrected chi connectivity index (χ4v) is 2.19. The van der Waals surface area contributed by atoms with Crippen molar-refractivity contribution in [2.24, 2.45) is 0 Å². The van der Waals surface area contributed by atoms with E-state index in [1.54, 1.807) is 19.1 Å². The summed E-state index contributed by atoms with van der Waals surface area (Å²) in [5.74, 6) is -0.650. The van der Waals surface area contributed by atoms with Crippen LogP contribution in [0.4, 0.5) is 4.39 Å².